The number of hydrogen-bond acceptors (Lipinski definition) is 5. The third kappa shape index (κ3) is 5.77. The molecule has 0 spiro atoms. The summed E-state index contributed by atoms with van der Waals surface area (Å²) in [6.07, 6.45) is 0.464. The Morgan fingerprint density at radius 2 is 1.51 bits per heavy atom. The van der Waals surface area contributed by atoms with Crippen molar-refractivity contribution in [3.63, 3.8) is 0 Å². The molecular formula is C29H30N2O3S. The van der Waals surface area contributed by atoms with E-state index in [0.717, 1.165) is 22.4 Å². The number of hydrogen-bond donors (Lipinski definition) is 0. The van der Waals surface area contributed by atoms with Crippen LogP contribution < -0.4 is 4.74 Å². The van der Waals surface area contributed by atoms with Crippen molar-refractivity contribution in [2.24, 2.45) is 0 Å². The molecule has 0 bridgehead atoms. The highest BCUT2D eigenvalue weighted by atomic mass is 32.2. The van der Waals surface area contributed by atoms with Gasteiger partial charge in [0.05, 0.1) is 0 Å². The lowest BCUT2D eigenvalue weighted by Gasteiger charge is -2.25. The van der Waals surface area contributed by atoms with E-state index >= 15 is 0 Å². The molecule has 1 atom stereocenters. The van der Waals surface area contributed by atoms with E-state index in [1.54, 1.807) is 7.05 Å². The largest absolute Gasteiger partial charge is 0.485 e. The molecule has 0 N–H and O–H groups in total. The maximum atomic E-state index is 13.0. The third-order valence-electron chi connectivity index (χ3n) is 6.09. The fraction of sp³-hybridized carbons (Fsp3) is 0.241. The number of likely N-dealkylation sites (N-methyl/N-ethyl adjacent to an activating group) is 2. The lowest BCUT2D eigenvalue weighted by atomic mass is 10.1. The lowest BCUT2D eigenvalue weighted by molar-refractivity contribution is -0.136. The number of benzene rings is 3. The van der Waals surface area contributed by atoms with Crippen molar-refractivity contribution in [2.45, 2.75) is 25.2 Å². The van der Waals surface area contributed by atoms with Gasteiger partial charge in [0.2, 0.25) is 0 Å². The summed E-state index contributed by atoms with van der Waals surface area (Å²) in [6.45, 7) is 2.59. The number of imide groups is 1. The number of carbonyl (C=O) groups excluding carboxylic acids is 2. The fourth-order valence-corrected chi connectivity index (χ4v) is 5.17. The Kier molecular flexibility index (Phi) is 7.93. The number of aryl methyl sites for hydroxylation is 1. The van der Waals surface area contributed by atoms with E-state index in [1.165, 1.54) is 16.7 Å². The highest BCUT2D eigenvalue weighted by molar-refractivity contribution is 8.03. The predicted molar refractivity (Wildman–Crippen MR) is 141 cm³/mol. The van der Waals surface area contributed by atoms with Crippen molar-refractivity contribution < 1.29 is 14.3 Å². The molecule has 180 valence electrons. The lowest BCUT2D eigenvalue weighted by Crippen LogP contribution is -2.31. The smallest absolute Gasteiger partial charge is 0.278 e. The summed E-state index contributed by atoms with van der Waals surface area (Å²) in [5.41, 5.74) is 3.71. The van der Waals surface area contributed by atoms with Gasteiger partial charge in [-0.05, 0) is 29.7 Å². The van der Waals surface area contributed by atoms with E-state index < -0.39 is 0 Å². The molecule has 1 heterocycles. The van der Waals surface area contributed by atoms with Crippen LogP contribution in [-0.4, -0.2) is 42.3 Å². The van der Waals surface area contributed by atoms with Crippen molar-refractivity contribution in [1.82, 2.24) is 9.80 Å². The molecule has 0 radical (unpaired) electrons. The first kappa shape index (κ1) is 24.6. The van der Waals surface area contributed by atoms with E-state index in [4.69, 9.17) is 4.74 Å². The minimum absolute atomic E-state index is 0.189. The van der Waals surface area contributed by atoms with Gasteiger partial charge in [-0.25, -0.2) is 0 Å². The van der Waals surface area contributed by atoms with Crippen LogP contribution in [0.5, 0.6) is 5.75 Å². The van der Waals surface area contributed by atoms with Gasteiger partial charge in [-0.2, -0.15) is 0 Å². The number of nitrogens with zero attached hydrogens (tertiary/aromatic N) is 2. The van der Waals surface area contributed by atoms with Crippen molar-refractivity contribution in [2.75, 3.05) is 20.6 Å². The molecular weight excluding hydrogens is 456 g/mol. The molecule has 0 unspecified atom stereocenters. The molecule has 0 fully saturated rings. The second-order valence-corrected chi connectivity index (χ2v) is 9.60. The molecule has 0 saturated carbocycles. The predicted octanol–water partition coefficient (Wildman–Crippen LogP) is 5.58. The normalized spacial score (nSPS) is 14.4. The minimum Gasteiger partial charge on any atom is -0.485 e. The van der Waals surface area contributed by atoms with Crippen LogP contribution in [-0.2, 0) is 15.3 Å². The SMILES string of the molecule is Cc1ccccc1O[C@H](CCN(C)C1=C(SCc2ccccc2)C(=O)N(C)C1=O)c1ccccc1. The number of ether oxygens (including phenoxy) is 1. The van der Waals surface area contributed by atoms with Gasteiger partial charge >= 0.3 is 0 Å². The molecule has 6 heteroatoms. The Bertz CT molecular complexity index is 1210. The van der Waals surface area contributed by atoms with Crippen molar-refractivity contribution >= 4 is 23.6 Å². The first-order valence-corrected chi connectivity index (χ1v) is 12.7. The van der Waals surface area contributed by atoms with Gasteiger partial charge in [0.1, 0.15) is 22.5 Å². The van der Waals surface area contributed by atoms with Crippen molar-refractivity contribution in [3.05, 3.63) is 112 Å². The highest BCUT2D eigenvalue weighted by Crippen LogP contribution is 2.34. The third-order valence-corrected chi connectivity index (χ3v) is 7.22. The summed E-state index contributed by atoms with van der Waals surface area (Å²) >= 11 is 1.42. The molecule has 0 aliphatic carbocycles. The zero-order valence-electron chi connectivity index (χ0n) is 20.3. The molecule has 2 amide bonds. The number of carbonyl (C=O) groups is 2. The summed E-state index contributed by atoms with van der Waals surface area (Å²) in [5, 5.41) is 0. The first-order valence-electron chi connectivity index (χ1n) is 11.7. The van der Waals surface area contributed by atoms with Gasteiger partial charge in [0.25, 0.3) is 11.8 Å². The molecule has 35 heavy (non-hydrogen) atoms. The number of amides is 2. The quantitative estimate of drug-likeness (QED) is 0.350. The van der Waals surface area contributed by atoms with Crippen LogP contribution in [0.25, 0.3) is 0 Å². The zero-order valence-corrected chi connectivity index (χ0v) is 21.1. The van der Waals surface area contributed by atoms with Crippen LogP contribution in [0, 0.1) is 6.92 Å². The van der Waals surface area contributed by atoms with E-state index in [9.17, 15) is 9.59 Å². The van der Waals surface area contributed by atoms with Crippen LogP contribution in [0.1, 0.15) is 29.2 Å². The average Bonchev–Trinajstić information content (AvgIpc) is 3.10. The Morgan fingerprint density at radius 3 is 2.20 bits per heavy atom. The summed E-state index contributed by atoms with van der Waals surface area (Å²) < 4.78 is 6.44. The molecule has 3 aromatic rings. The van der Waals surface area contributed by atoms with Gasteiger partial charge in [-0.1, -0.05) is 78.9 Å². The van der Waals surface area contributed by atoms with Crippen LogP contribution in [0.3, 0.4) is 0 Å². The highest BCUT2D eigenvalue weighted by Gasteiger charge is 2.38. The van der Waals surface area contributed by atoms with Gasteiger partial charge in [0, 0.05) is 32.8 Å². The summed E-state index contributed by atoms with van der Waals surface area (Å²) in [7, 11) is 3.42. The molecule has 0 aromatic heterocycles. The van der Waals surface area contributed by atoms with Gasteiger partial charge in [-0.15, -0.1) is 11.8 Å². The van der Waals surface area contributed by atoms with Gasteiger partial charge in [0.15, 0.2) is 0 Å². The first-order chi connectivity index (χ1) is 17.0. The van der Waals surface area contributed by atoms with Crippen LogP contribution in [0.15, 0.2) is 95.5 Å². The summed E-state index contributed by atoms with van der Waals surface area (Å²) in [4.78, 5) is 29.5. The Morgan fingerprint density at radius 1 is 0.886 bits per heavy atom. The Balaban J connectivity index is 1.53. The molecule has 5 nitrogen and oxygen atoms in total. The average molecular weight is 487 g/mol. The zero-order chi connectivity index (χ0) is 24.8. The Hall–Kier alpha value is -3.51. The number of para-hydroxylation sites is 1. The van der Waals surface area contributed by atoms with Crippen molar-refractivity contribution in [1.29, 1.82) is 0 Å². The fourth-order valence-electron chi connectivity index (χ4n) is 4.02. The van der Waals surface area contributed by atoms with Crippen LogP contribution in [0.2, 0.25) is 0 Å². The topological polar surface area (TPSA) is 49.9 Å². The second kappa shape index (κ2) is 11.3. The minimum atomic E-state index is -0.260. The van der Waals surface area contributed by atoms with Crippen molar-refractivity contribution in [3.8, 4) is 5.75 Å². The summed E-state index contributed by atoms with van der Waals surface area (Å²) in [5.74, 6) is 0.968. The van der Waals surface area contributed by atoms with Crippen LogP contribution >= 0.6 is 11.8 Å². The van der Waals surface area contributed by atoms with E-state index in [-0.39, 0.29) is 17.9 Å². The summed E-state index contributed by atoms with van der Waals surface area (Å²) in [6, 6.07) is 28.0. The standard InChI is InChI=1S/C29H30N2O3S/c1-21-12-10-11-17-24(21)34-25(23-15-8-5-9-16-23)18-19-30(2)26-27(29(33)31(3)28(26)32)35-20-22-13-6-4-7-14-22/h4-17,25H,18-20H2,1-3H3/t25-/m1/s1. The molecule has 1 aliphatic rings. The Labute approximate surface area is 211 Å². The molecule has 4 rings (SSSR count). The molecule has 0 saturated heterocycles. The van der Waals surface area contributed by atoms with E-state index in [0.29, 0.717) is 29.3 Å². The maximum absolute atomic E-state index is 13.0. The maximum Gasteiger partial charge on any atom is 0.278 e. The van der Waals surface area contributed by atoms with Crippen LogP contribution in [0.4, 0.5) is 0 Å². The molecule has 1 aliphatic heterocycles. The second-order valence-electron chi connectivity index (χ2n) is 8.61. The van der Waals surface area contributed by atoms with E-state index in [2.05, 4.69) is 12.1 Å². The number of thioether (sulfide) groups is 1. The number of rotatable bonds is 10. The van der Waals surface area contributed by atoms with E-state index in [1.807, 2.05) is 91.7 Å². The molecule has 3 aromatic carbocycles. The van der Waals surface area contributed by atoms with Gasteiger partial charge < -0.3 is 9.64 Å². The monoisotopic (exact) mass is 486 g/mol. The van der Waals surface area contributed by atoms with Gasteiger partial charge in [-0.3, -0.25) is 14.5 Å².